The Morgan fingerprint density at radius 3 is 2.70 bits per heavy atom. The molecule has 4 heterocycles. The fourth-order valence-electron chi connectivity index (χ4n) is 8.29. The van der Waals surface area contributed by atoms with Crippen molar-refractivity contribution < 1.29 is 33.4 Å². The third kappa shape index (κ3) is 4.80. The van der Waals surface area contributed by atoms with Crippen molar-refractivity contribution in [1.29, 1.82) is 0 Å². The second-order valence-electron chi connectivity index (χ2n) is 13.0. The average Bonchev–Trinajstić information content (AvgIpc) is 3.63. The highest BCUT2D eigenvalue weighted by atomic mass is 32.1. The van der Waals surface area contributed by atoms with Gasteiger partial charge in [-0.2, -0.15) is 0 Å². The Morgan fingerprint density at radius 2 is 2.02 bits per heavy atom. The number of nitrogens with one attached hydrogen (secondary N) is 1. The number of esters is 1. The number of rotatable bonds is 10. The van der Waals surface area contributed by atoms with Crippen LogP contribution >= 0.6 is 11.3 Å². The van der Waals surface area contributed by atoms with Gasteiger partial charge in [-0.25, -0.2) is 23.8 Å². The van der Waals surface area contributed by atoms with Crippen LogP contribution in [-0.2, 0) is 19.1 Å². The first kappa shape index (κ1) is 30.8. The molecule has 0 spiro atoms. The Hall–Kier alpha value is -3.88. The van der Waals surface area contributed by atoms with Crippen LogP contribution in [0, 0.1) is 18.2 Å². The topological polar surface area (TPSA) is 137 Å². The number of benzene rings is 1. The summed E-state index contributed by atoms with van der Waals surface area (Å²) >= 11 is 1.41. The molecule has 46 heavy (non-hydrogen) atoms. The van der Waals surface area contributed by atoms with E-state index in [1.807, 2.05) is 15.2 Å². The first-order valence-corrected chi connectivity index (χ1v) is 16.4. The number of piperazine rings is 1. The number of aliphatic carboxylic acids is 1. The lowest BCUT2D eigenvalue weighted by atomic mass is 9.37. The molecule has 5 fully saturated rings. The lowest BCUT2D eigenvalue weighted by Crippen LogP contribution is -2.79. The molecule has 2 saturated heterocycles. The number of aliphatic imine (C=N–C) groups is 1. The second kappa shape index (κ2) is 11.4. The monoisotopic (exact) mass is 652 g/mol. The van der Waals surface area contributed by atoms with Crippen LogP contribution in [0.1, 0.15) is 48.4 Å². The number of aromatic nitrogens is 1. The Kier molecular flexibility index (Phi) is 7.64. The largest absolute Gasteiger partial charge is 0.479 e. The first-order valence-electron chi connectivity index (χ1n) is 15.6. The number of halogens is 1. The zero-order valence-corrected chi connectivity index (χ0v) is 26.8. The molecule has 3 atom stereocenters. The SMILES string of the molecule is CCOC(=O)C1=C(CN2CCN3C(=O)N(C45CC(C(OC)C(=O)O)(C4)C5)C[C@@H]3C2)NC(c2nccs2)=N[C@H]1c1cccc(F)c1C. The predicted molar refractivity (Wildman–Crippen MR) is 166 cm³/mol. The standard InChI is InChI=1S/C32H37FN6O6S/c1-4-45-29(42)23-22(35-26(27-34-8-11-46-27)36-24(23)20-6-5-7-21(33)18(20)2)14-37-9-10-38-19(12-37)13-39(30(38)43)32-15-31(16-32,17-32)25(44-3)28(40)41/h5-8,11,19,24-25H,4,9-10,12-17H2,1-3H3,(H,35,36)(H,40,41)/t19-,24-,25?,31?,32?/m0/s1. The van der Waals surface area contributed by atoms with Crippen LogP contribution in [0.5, 0.6) is 0 Å². The summed E-state index contributed by atoms with van der Waals surface area (Å²) in [4.78, 5) is 54.3. The molecule has 8 rings (SSSR count). The van der Waals surface area contributed by atoms with E-state index in [-0.39, 0.29) is 30.0 Å². The number of methoxy groups -OCH3 is 1. The minimum Gasteiger partial charge on any atom is -0.479 e. The first-order chi connectivity index (χ1) is 22.1. The summed E-state index contributed by atoms with van der Waals surface area (Å²) in [5.74, 6) is -1.36. The van der Waals surface area contributed by atoms with E-state index < -0.39 is 29.5 Å². The Labute approximate surface area is 269 Å². The van der Waals surface area contributed by atoms with Crippen molar-refractivity contribution in [2.45, 2.75) is 56.8 Å². The molecule has 3 aliphatic heterocycles. The summed E-state index contributed by atoms with van der Waals surface area (Å²) in [6, 6.07) is 3.95. The summed E-state index contributed by atoms with van der Waals surface area (Å²) in [6.45, 7) is 6.23. The third-order valence-corrected chi connectivity index (χ3v) is 11.1. The maximum absolute atomic E-state index is 14.8. The van der Waals surface area contributed by atoms with E-state index in [0.29, 0.717) is 85.2 Å². The van der Waals surface area contributed by atoms with Gasteiger partial charge in [-0.05, 0) is 50.3 Å². The fourth-order valence-corrected chi connectivity index (χ4v) is 8.87. The molecule has 2 bridgehead atoms. The Bertz CT molecular complexity index is 1630. The van der Waals surface area contributed by atoms with E-state index in [0.717, 1.165) is 0 Å². The number of carbonyl (C=O) groups excluding carboxylic acids is 2. The van der Waals surface area contributed by atoms with Crippen LogP contribution in [0.25, 0.3) is 0 Å². The number of ether oxygens (including phenoxy) is 2. The molecule has 2 N–H and O–H groups in total. The fraction of sp³-hybridized carbons (Fsp3) is 0.531. The van der Waals surface area contributed by atoms with Crippen LogP contribution in [0.3, 0.4) is 0 Å². The van der Waals surface area contributed by atoms with Gasteiger partial charge in [-0.15, -0.1) is 11.3 Å². The molecule has 12 nitrogen and oxygen atoms in total. The highest BCUT2D eigenvalue weighted by Gasteiger charge is 2.76. The molecule has 244 valence electrons. The van der Waals surface area contributed by atoms with Crippen molar-refractivity contribution in [2.24, 2.45) is 10.4 Å². The minimum atomic E-state index is -0.956. The molecule has 14 heteroatoms. The number of hydrogen-bond donors (Lipinski definition) is 2. The van der Waals surface area contributed by atoms with Gasteiger partial charge in [0, 0.05) is 68.1 Å². The lowest BCUT2D eigenvalue weighted by Gasteiger charge is -2.74. The zero-order chi connectivity index (χ0) is 32.4. The number of amides is 2. The number of nitrogens with zero attached hydrogens (tertiary/aromatic N) is 5. The molecule has 3 saturated carbocycles. The van der Waals surface area contributed by atoms with Crippen molar-refractivity contribution in [3.63, 3.8) is 0 Å². The van der Waals surface area contributed by atoms with Gasteiger partial charge >= 0.3 is 18.0 Å². The molecule has 1 aromatic heterocycles. The number of carboxylic acid groups (broad SMARTS) is 1. The van der Waals surface area contributed by atoms with Gasteiger partial charge in [0.15, 0.2) is 16.9 Å². The highest BCUT2D eigenvalue weighted by molar-refractivity contribution is 7.11. The number of hydrogen-bond acceptors (Lipinski definition) is 10. The quantitative estimate of drug-likeness (QED) is 0.372. The molecule has 0 radical (unpaired) electrons. The maximum atomic E-state index is 14.8. The Morgan fingerprint density at radius 1 is 1.24 bits per heavy atom. The van der Waals surface area contributed by atoms with Crippen molar-refractivity contribution in [1.82, 2.24) is 25.0 Å². The number of carboxylic acids is 1. The van der Waals surface area contributed by atoms with E-state index in [2.05, 4.69) is 15.2 Å². The predicted octanol–water partition coefficient (Wildman–Crippen LogP) is 2.94. The van der Waals surface area contributed by atoms with E-state index in [9.17, 15) is 23.9 Å². The number of carbonyl (C=O) groups is 3. The minimum absolute atomic E-state index is 0.00398. The van der Waals surface area contributed by atoms with Gasteiger partial charge in [-0.3, -0.25) is 9.89 Å². The average molecular weight is 653 g/mol. The Balaban J connectivity index is 1.14. The van der Waals surface area contributed by atoms with Crippen LogP contribution in [0.4, 0.5) is 9.18 Å². The molecule has 1 aromatic carbocycles. The zero-order valence-electron chi connectivity index (χ0n) is 26.0. The van der Waals surface area contributed by atoms with Crippen LogP contribution in [0.2, 0.25) is 0 Å². The van der Waals surface area contributed by atoms with Gasteiger partial charge < -0.3 is 29.7 Å². The van der Waals surface area contributed by atoms with Crippen molar-refractivity contribution >= 4 is 35.1 Å². The molecular formula is C32H37FN6O6S. The van der Waals surface area contributed by atoms with Crippen molar-refractivity contribution in [3.8, 4) is 0 Å². The number of urea groups is 1. The molecular weight excluding hydrogens is 615 g/mol. The second-order valence-corrected chi connectivity index (χ2v) is 13.9. The lowest BCUT2D eigenvalue weighted by molar-refractivity contribution is -0.254. The summed E-state index contributed by atoms with van der Waals surface area (Å²) < 4.78 is 25.6. The van der Waals surface area contributed by atoms with Crippen molar-refractivity contribution in [3.05, 3.63) is 63.0 Å². The molecule has 2 aromatic rings. The van der Waals surface area contributed by atoms with Crippen LogP contribution in [-0.4, -0.2) is 113 Å². The van der Waals surface area contributed by atoms with Gasteiger partial charge in [0.25, 0.3) is 0 Å². The van der Waals surface area contributed by atoms with Gasteiger partial charge in [-0.1, -0.05) is 12.1 Å². The van der Waals surface area contributed by atoms with Gasteiger partial charge in [0.1, 0.15) is 11.9 Å². The summed E-state index contributed by atoms with van der Waals surface area (Å²) in [5.41, 5.74) is 1.23. The summed E-state index contributed by atoms with van der Waals surface area (Å²) in [6.07, 6.45) is 2.75. The van der Waals surface area contributed by atoms with E-state index in [1.54, 1.807) is 32.2 Å². The van der Waals surface area contributed by atoms with Crippen molar-refractivity contribution in [2.75, 3.05) is 46.4 Å². The number of fused-ring (bicyclic) bond motifs is 1. The molecule has 3 aliphatic carbocycles. The van der Waals surface area contributed by atoms with Gasteiger partial charge in [0.05, 0.1) is 18.2 Å². The normalized spacial score (nSPS) is 29.4. The van der Waals surface area contributed by atoms with Gasteiger partial charge in [0.2, 0.25) is 0 Å². The molecule has 2 amide bonds. The highest BCUT2D eigenvalue weighted by Crippen LogP contribution is 2.72. The number of thiazole rings is 1. The van der Waals surface area contributed by atoms with E-state index in [1.165, 1.54) is 24.5 Å². The van der Waals surface area contributed by atoms with E-state index >= 15 is 0 Å². The van der Waals surface area contributed by atoms with E-state index in [4.69, 9.17) is 14.5 Å². The summed E-state index contributed by atoms with van der Waals surface area (Å²) in [5, 5.41) is 15.5. The molecule has 6 aliphatic rings. The molecule has 1 unspecified atom stereocenters. The summed E-state index contributed by atoms with van der Waals surface area (Å²) in [7, 11) is 1.43. The third-order valence-electron chi connectivity index (χ3n) is 10.3. The number of amidine groups is 1. The van der Waals surface area contributed by atoms with Crippen LogP contribution < -0.4 is 5.32 Å². The maximum Gasteiger partial charge on any atom is 0.338 e. The smallest absolute Gasteiger partial charge is 0.338 e. The van der Waals surface area contributed by atoms with Crippen LogP contribution in [0.15, 0.2) is 46.0 Å².